The van der Waals surface area contributed by atoms with Crippen LogP contribution < -0.4 is 20.7 Å². The molecule has 0 aliphatic rings. The maximum absolute atomic E-state index is 2.81. The second-order valence-electron chi connectivity index (χ2n) is 34.3. The highest BCUT2D eigenvalue weighted by molar-refractivity contribution is 7.31. The number of aromatic nitrogens is 2. The highest BCUT2D eigenvalue weighted by Gasteiger charge is 2.43. The van der Waals surface area contributed by atoms with Crippen LogP contribution in [0.15, 0.2) is 497 Å². The molecule has 612 valence electrons. The van der Waals surface area contributed by atoms with Gasteiger partial charge in [-0.25, -0.2) is 0 Å². The average molecular weight is 1720 g/mol. The molecule has 5 heteroatoms. The minimum absolute atomic E-state index is 1.17. The maximum atomic E-state index is 2.48. The molecule has 0 aliphatic carbocycles. The van der Waals surface area contributed by atoms with Gasteiger partial charge in [0, 0.05) is 73.3 Å². The summed E-state index contributed by atoms with van der Waals surface area (Å²) in [6, 6.07) is 183. The van der Waals surface area contributed by atoms with Gasteiger partial charge in [0.25, 0.3) is 0 Å². The topological polar surface area (TPSA) is 9.86 Å². The summed E-state index contributed by atoms with van der Waals surface area (Å²) in [5, 5.41) is 31.7. The summed E-state index contributed by atoms with van der Waals surface area (Å²) >= 11 is 3.85. The summed E-state index contributed by atoms with van der Waals surface area (Å²) in [4.78, 5) is 0. The number of para-hydroxylation sites is 4. The Balaban J connectivity index is 0.000000106. The summed E-state index contributed by atoms with van der Waals surface area (Å²) in [6.45, 7) is 0. The number of benzene rings is 23. The Morgan fingerprint density at radius 1 is 0.153 bits per heavy atom. The first kappa shape index (κ1) is 77.2. The second-order valence-corrected chi connectivity index (χ2v) is 40.1. The molecule has 0 saturated heterocycles. The first-order valence-corrected chi connectivity index (χ1v) is 48.7. The minimum atomic E-state index is -2.81. The maximum Gasteiger partial charge on any atom is 0.181 e. The predicted molar refractivity (Wildman–Crippen MR) is 570 cm³/mol. The summed E-state index contributed by atoms with van der Waals surface area (Å²) in [6.07, 6.45) is 0. The van der Waals surface area contributed by atoms with E-state index < -0.39 is 8.07 Å². The third kappa shape index (κ3) is 13.0. The number of hydrogen-bond donors (Lipinski definition) is 0. The number of thiophene rings is 2. The lowest BCUT2D eigenvalue weighted by Gasteiger charge is -2.35. The molecule has 4 aromatic heterocycles. The van der Waals surface area contributed by atoms with Gasteiger partial charge >= 0.3 is 0 Å². The molecule has 0 saturated carbocycles. The lowest BCUT2D eigenvalue weighted by molar-refractivity contribution is 1.18. The fraction of sp³-hybridized carbons (Fsp3) is 0. The molecule has 0 amide bonds. The van der Waals surface area contributed by atoms with Crippen molar-refractivity contribution in [2.45, 2.75) is 0 Å². The van der Waals surface area contributed by atoms with Crippen LogP contribution in [0.5, 0.6) is 0 Å². The van der Waals surface area contributed by atoms with Crippen LogP contribution in [0, 0.1) is 0 Å². The quantitative estimate of drug-likeness (QED) is 0.0694. The smallest absolute Gasteiger partial charge is 0.181 e. The van der Waals surface area contributed by atoms with Gasteiger partial charge in [0.2, 0.25) is 0 Å². The van der Waals surface area contributed by atoms with E-state index in [0.29, 0.717) is 0 Å². The number of fused-ring (bicyclic) bond motifs is 24. The van der Waals surface area contributed by atoms with Gasteiger partial charge in [0.15, 0.2) is 8.07 Å². The molecule has 0 bridgehead atoms. The van der Waals surface area contributed by atoms with Crippen molar-refractivity contribution in [1.29, 1.82) is 0 Å². The molecule has 131 heavy (non-hydrogen) atoms. The van der Waals surface area contributed by atoms with E-state index in [9.17, 15) is 0 Å². The zero-order chi connectivity index (χ0) is 86.5. The van der Waals surface area contributed by atoms with E-state index in [0.717, 1.165) is 0 Å². The standard InChI is InChI=1S/C42H29NSSi.C42H27N.C42H26S/c1-3-16-31(17-4-1)45(32-18-5-2-6-19-32,41-28-14-24-37-36-23-9-12-27-40(36)44-42(37)41)33-20-13-15-30(29-33)43-38-25-10-7-21-34(38)35-22-8-11-26-39(35)43;1-2-14-35-33(12-1)34-13-3-4-15-36(34)40-27-31(22-25-37(35)40)30-11-9-10-29(26-30)28-20-23-32(24-21-28)43-41-18-7-5-16-38(41)39-17-6-8-19-42(39)43;1-2-11-27(12-3-1)31-19-9-21-38-39-22-10-20-32(42(39)43-41(31)38)30-14-8-13-28(25-30)29-23-24-37-35-17-5-4-15-33(35)34-16-6-7-18-36(34)40(37)26-29/h1-29H;1-27H;1-26H. The molecule has 4 heterocycles. The Kier molecular flexibility index (Phi) is 19.1. The predicted octanol–water partition coefficient (Wildman–Crippen LogP) is 32.6. The Morgan fingerprint density at radius 2 is 0.458 bits per heavy atom. The number of rotatable bonds is 11. The van der Waals surface area contributed by atoms with Crippen LogP contribution in [0.3, 0.4) is 0 Å². The van der Waals surface area contributed by atoms with Crippen molar-refractivity contribution in [3.63, 3.8) is 0 Å². The van der Waals surface area contributed by atoms with Gasteiger partial charge in [0.05, 0.1) is 22.1 Å². The van der Waals surface area contributed by atoms with Crippen molar-refractivity contribution < 1.29 is 0 Å². The molecule has 0 spiro atoms. The summed E-state index contributed by atoms with van der Waals surface area (Å²) in [5.41, 5.74) is 19.8. The van der Waals surface area contributed by atoms with Crippen LogP contribution in [-0.4, -0.2) is 17.2 Å². The van der Waals surface area contributed by atoms with Gasteiger partial charge < -0.3 is 9.13 Å². The van der Waals surface area contributed by atoms with E-state index in [4.69, 9.17) is 0 Å². The summed E-state index contributed by atoms with van der Waals surface area (Å²) in [5.74, 6) is 0. The Hall–Kier alpha value is -16.1. The van der Waals surface area contributed by atoms with E-state index in [1.165, 1.54) is 236 Å². The van der Waals surface area contributed by atoms with Crippen molar-refractivity contribution in [3.05, 3.63) is 497 Å². The van der Waals surface area contributed by atoms with Crippen molar-refractivity contribution >= 4 is 200 Å². The van der Waals surface area contributed by atoms with E-state index in [1.807, 2.05) is 22.7 Å². The zero-order valence-electron chi connectivity index (χ0n) is 71.6. The molecule has 0 N–H and O–H groups in total. The molecular formula is C126H82N2S2Si. The van der Waals surface area contributed by atoms with E-state index in [1.54, 1.807) is 0 Å². The lowest BCUT2D eigenvalue weighted by Crippen LogP contribution is -2.74. The van der Waals surface area contributed by atoms with E-state index in [-0.39, 0.29) is 0 Å². The average Bonchev–Trinajstić information content (AvgIpc) is 1.70. The van der Waals surface area contributed by atoms with Crippen molar-refractivity contribution in [2.24, 2.45) is 0 Å². The molecule has 2 nitrogen and oxygen atoms in total. The summed E-state index contributed by atoms with van der Waals surface area (Å²) in [7, 11) is -2.81. The molecule has 0 radical (unpaired) electrons. The second kappa shape index (κ2) is 32.3. The fourth-order valence-corrected chi connectivity index (χ4v) is 29.2. The molecule has 0 aliphatic heterocycles. The van der Waals surface area contributed by atoms with Crippen molar-refractivity contribution in [3.8, 4) is 67.0 Å². The Morgan fingerprint density at radius 3 is 0.931 bits per heavy atom. The minimum Gasteiger partial charge on any atom is -0.309 e. The Labute approximate surface area is 767 Å². The lowest BCUT2D eigenvalue weighted by atomic mass is 9.91. The van der Waals surface area contributed by atoms with Crippen LogP contribution in [0.1, 0.15) is 0 Å². The largest absolute Gasteiger partial charge is 0.309 e. The van der Waals surface area contributed by atoms with Crippen LogP contribution in [0.25, 0.3) is 216 Å². The number of nitrogens with zero attached hydrogens (tertiary/aromatic N) is 2. The van der Waals surface area contributed by atoms with Crippen LogP contribution in [-0.2, 0) is 0 Å². The zero-order valence-corrected chi connectivity index (χ0v) is 74.2. The normalized spacial score (nSPS) is 11.8. The summed E-state index contributed by atoms with van der Waals surface area (Å²) < 4.78 is 10.2. The Bertz CT molecular complexity index is 8960. The van der Waals surface area contributed by atoms with Gasteiger partial charge in [-0.15, -0.1) is 22.7 Å². The molecular weight excluding hydrogens is 1630 g/mol. The van der Waals surface area contributed by atoms with Gasteiger partial charge in [0.1, 0.15) is 0 Å². The molecule has 0 unspecified atom stereocenters. The number of hydrogen-bond acceptors (Lipinski definition) is 2. The van der Waals surface area contributed by atoms with Crippen LogP contribution >= 0.6 is 22.7 Å². The van der Waals surface area contributed by atoms with E-state index >= 15 is 0 Å². The monoisotopic (exact) mass is 1710 g/mol. The molecule has 27 aromatic rings. The third-order valence-electron chi connectivity index (χ3n) is 27.2. The highest BCUT2D eigenvalue weighted by Crippen LogP contribution is 2.47. The first-order chi connectivity index (χ1) is 65.0. The fourth-order valence-electron chi connectivity index (χ4n) is 21.3. The first-order valence-electron chi connectivity index (χ1n) is 45.1. The van der Waals surface area contributed by atoms with Crippen LogP contribution in [0.4, 0.5) is 0 Å². The SMILES string of the molecule is c1cc(-c2ccc(-n3c4ccccc4c4ccccc43)cc2)cc(-c2ccc3c4ccccc4c4ccccc4c3c2)c1.c1ccc(-c2cccc3c2sc2c(-c4cccc(-c5ccc6c7ccccc7c7ccccc7c6c5)c4)cccc23)cc1.c1ccc([Si](c2ccccc2)(c2cccc(-n3c4ccccc4c4ccccc43)c2)c2cccc3c2sc2ccccc23)cc1. The van der Waals surface area contributed by atoms with Gasteiger partial charge in [-0.1, -0.05) is 419 Å². The molecule has 0 fully saturated rings. The van der Waals surface area contributed by atoms with Gasteiger partial charge in [-0.05, 0) is 220 Å². The van der Waals surface area contributed by atoms with Crippen LogP contribution in [0.2, 0.25) is 0 Å². The van der Waals surface area contributed by atoms with Crippen molar-refractivity contribution in [1.82, 2.24) is 9.13 Å². The third-order valence-corrected chi connectivity index (χ3v) is 34.7. The molecule has 0 atom stereocenters. The van der Waals surface area contributed by atoms with Gasteiger partial charge in [-0.3, -0.25) is 0 Å². The highest BCUT2D eigenvalue weighted by atomic mass is 32.1. The van der Waals surface area contributed by atoms with E-state index in [2.05, 4.69) is 507 Å². The molecule has 23 aromatic carbocycles. The van der Waals surface area contributed by atoms with Crippen molar-refractivity contribution in [2.75, 3.05) is 0 Å². The van der Waals surface area contributed by atoms with Gasteiger partial charge in [-0.2, -0.15) is 0 Å². The molecule has 27 rings (SSSR count).